The second kappa shape index (κ2) is 9.41. The molecule has 0 fully saturated rings. The predicted octanol–water partition coefficient (Wildman–Crippen LogP) is 4.25. The molecule has 0 radical (unpaired) electrons. The molecule has 0 aromatic carbocycles. The van der Waals surface area contributed by atoms with Crippen molar-refractivity contribution in [3.05, 3.63) is 35.5 Å². The van der Waals surface area contributed by atoms with E-state index in [1.807, 2.05) is 6.08 Å². The first-order valence-electron chi connectivity index (χ1n) is 6.12. The molecule has 0 saturated heterocycles. The number of hydrogen-bond acceptors (Lipinski definition) is 1. The molecule has 1 N–H and O–H groups in total. The van der Waals surface area contributed by atoms with E-state index in [1.54, 1.807) is 0 Å². The van der Waals surface area contributed by atoms with Crippen molar-refractivity contribution in [2.45, 2.75) is 47.0 Å². The van der Waals surface area contributed by atoms with Crippen LogP contribution in [0.15, 0.2) is 35.5 Å². The summed E-state index contributed by atoms with van der Waals surface area (Å²) in [5.41, 5.74) is 2.63. The van der Waals surface area contributed by atoms with Crippen LogP contribution in [0.2, 0.25) is 0 Å². The Bertz CT molecular complexity index is 255. The molecule has 0 aliphatic carbocycles. The molecule has 1 atom stereocenters. The molecule has 0 bridgehead atoms. The first-order chi connectivity index (χ1) is 7.56. The van der Waals surface area contributed by atoms with Crippen molar-refractivity contribution in [1.82, 2.24) is 0 Å². The molecule has 92 valence electrons. The average molecular weight is 222 g/mol. The third-order valence-electron chi connectivity index (χ3n) is 2.52. The Morgan fingerprint density at radius 1 is 1.19 bits per heavy atom. The molecule has 0 aromatic heterocycles. The zero-order chi connectivity index (χ0) is 12.4. The Balaban J connectivity index is 3.78. The van der Waals surface area contributed by atoms with Crippen molar-refractivity contribution in [2.24, 2.45) is 5.92 Å². The quantitative estimate of drug-likeness (QED) is 0.638. The molecule has 0 aliphatic heterocycles. The lowest BCUT2D eigenvalue weighted by molar-refractivity contribution is 0.341. The van der Waals surface area contributed by atoms with Crippen LogP contribution in [0.1, 0.15) is 47.0 Å². The summed E-state index contributed by atoms with van der Waals surface area (Å²) in [7, 11) is 0. The third kappa shape index (κ3) is 9.72. The Labute approximate surface area is 101 Å². The van der Waals surface area contributed by atoms with Crippen LogP contribution in [0.25, 0.3) is 0 Å². The zero-order valence-corrected chi connectivity index (χ0v) is 11.2. The van der Waals surface area contributed by atoms with E-state index in [0.29, 0.717) is 5.92 Å². The molecule has 1 nitrogen and oxygen atoms in total. The summed E-state index contributed by atoms with van der Waals surface area (Å²) in [6, 6.07) is 0. The maximum Gasteiger partial charge on any atom is 0.0615 e. The van der Waals surface area contributed by atoms with Gasteiger partial charge in [-0.3, -0.25) is 0 Å². The summed E-state index contributed by atoms with van der Waals surface area (Å²) in [4.78, 5) is 0. The van der Waals surface area contributed by atoms with Crippen LogP contribution in [0.4, 0.5) is 0 Å². The monoisotopic (exact) mass is 222 g/mol. The molecule has 0 amide bonds. The van der Waals surface area contributed by atoms with Gasteiger partial charge in [-0.15, -0.1) is 0 Å². The lowest BCUT2D eigenvalue weighted by atomic mass is 10.0. The molecule has 1 unspecified atom stereocenters. The predicted molar refractivity (Wildman–Crippen MR) is 72.4 cm³/mol. The molecule has 1 heteroatoms. The summed E-state index contributed by atoms with van der Waals surface area (Å²) in [5, 5.41) is 8.71. The van der Waals surface area contributed by atoms with Crippen LogP contribution in [0.3, 0.4) is 0 Å². The molecule has 0 heterocycles. The maximum absolute atomic E-state index is 8.71. The standard InChI is InChI=1S/C15H26O/c1-13(2)7-5-8-14(3)9-6-10-15(4)11-12-16/h6-7,9,11,14,16H,5,8,10,12H2,1-4H3/b9-6+,15-11?. The molecule has 0 saturated carbocycles. The van der Waals surface area contributed by atoms with Gasteiger partial charge < -0.3 is 5.11 Å². The number of allylic oxidation sites excluding steroid dienone is 5. The van der Waals surface area contributed by atoms with E-state index < -0.39 is 0 Å². The normalized spacial score (nSPS) is 14.2. The molecular formula is C15H26O. The van der Waals surface area contributed by atoms with Gasteiger partial charge in [0.25, 0.3) is 0 Å². The minimum Gasteiger partial charge on any atom is -0.392 e. The van der Waals surface area contributed by atoms with Gasteiger partial charge >= 0.3 is 0 Å². The van der Waals surface area contributed by atoms with E-state index in [2.05, 4.69) is 45.9 Å². The minimum atomic E-state index is 0.149. The topological polar surface area (TPSA) is 20.2 Å². The molecule has 16 heavy (non-hydrogen) atoms. The molecular weight excluding hydrogens is 196 g/mol. The van der Waals surface area contributed by atoms with E-state index in [1.165, 1.54) is 24.0 Å². The summed E-state index contributed by atoms with van der Waals surface area (Å²) in [6.45, 7) is 8.73. The molecule has 0 spiro atoms. The summed E-state index contributed by atoms with van der Waals surface area (Å²) >= 11 is 0. The fourth-order valence-electron chi connectivity index (χ4n) is 1.46. The maximum atomic E-state index is 8.71. The molecule has 0 rings (SSSR count). The Morgan fingerprint density at radius 2 is 1.88 bits per heavy atom. The summed E-state index contributed by atoms with van der Waals surface area (Å²) in [5.74, 6) is 0.637. The highest BCUT2D eigenvalue weighted by Gasteiger charge is 1.94. The van der Waals surface area contributed by atoms with Gasteiger partial charge in [0, 0.05) is 0 Å². The SMILES string of the molecule is CC(C)=CCCC(C)/C=C/CC(C)=CCO. The smallest absolute Gasteiger partial charge is 0.0615 e. The lowest BCUT2D eigenvalue weighted by Crippen LogP contribution is -1.88. The van der Waals surface area contributed by atoms with Crippen molar-refractivity contribution in [1.29, 1.82) is 0 Å². The van der Waals surface area contributed by atoms with Gasteiger partial charge in [-0.25, -0.2) is 0 Å². The minimum absolute atomic E-state index is 0.149. The third-order valence-corrected chi connectivity index (χ3v) is 2.52. The number of rotatable bonds is 7. The Hall–Kier alpha value is -0.820. The highest BCUT2D eigenvalue weighted by molar-refractivity contribution is 5.05. The average Bonchev–Trinajstić information content (AvgIpc) is 2.17. The second-order valence-electron chi connectivity index (χ2n) is 4.70. The Kier molecular flexibility index (Phi) is 8.93. The van der Waals surface area contributed by atoms with Gasteiger partial charge in [-0.2, -0.15) is 0 Å². The van der Waals surface area contributed by atoms with E-state index in [4.69, 9.17) is 5.11 Å². The van der Waals surface area contributed by atoms with Gasteiger partial charge in [0.15, 0.2) is 0 Å². The van der Waals surface area contributed by atoms with E-state index in [-0.39, 0.29) is 6.61 Å². The van der Waals surface area contributed by atoms with Crippen molar-refractivity contribution in [3.63, 3.8) is 0 Å². The van der Waals surface area contributed by atoms with Crippen molar-refractivity contribution in [2.75, 3.05) is 6.61 Å². The van der Waals surface area contributed by atoms with Crippen LogP contribution in [0.5, 0.6) is 0 Å². The largest absolute Gasteiger partial charge is 0.392 e. The number of aliphatic hydroxyl groups excluding tert-OH is 1. The van der Waals surface area contributed by atoms with Gasteiger partial charge in [0.2, 0.25) is 0 Å². The van der Waals surface area contributed by atoms with Crippen molar-refractivity contribution >= 4 is 0 Å². The molecule has 0 aliphatic rings. The number of aliphatic hydroxyl groups is 1. The summed E-state index contributed by atoms with van der Waals surface area (Å²) < 4.78 is 0. The van der Waals surface area contributed by atoms with Crippen molar-refractivity contribution in [3.8, 4) is 0 Å². The fraction of sp³-hybridized carbons (Fsp3) is 0.600. The van der Waals surface area contributed by atoms with Gasteiger partial charge in [-0.1, -0.05) is 42.4 Å². The number of hydrogen-bond donors (Lipinski definition) is 1. The fourth-order valence-corrected chi connectivity index (χ4v) is 1.46. The first kappa shape index (κ1) is 15.2. The second-order valence-corrected chi connectivity index (χ2v) is 4.70. The zero-order valence-electron chi connectivity index (χ0n) is 11.2. The first-order valence-corrected chi connectivity index (χ1v) is 6.12. The van der Waals surface area contributed by atoms with E-state index in [9.17, 15) is 0 Å². The van der Waals surface area contributed by atoms with E-state index in [0.717, 1.165) is 6.42 Å². The van der Waals surface area contributed by atoms with Crippen LogP contribution in [0, 0.1) is 5.92 Å². The molecule has 0 aromatic rings. The van der Waals surface area contributed by atoms with Crippen LogP contribution in [-0.4, -0.2) is 11.7 Å². The van der Waals surface area contributed by atoms with Gasteiger partial charge in [0.1, 0.15) is 0 Å². The lowest BCUT2D eigenvalue weighted by Gasteiger charge is -2.03. The Morgan fingerprint density at radius 3 is 2.44 bits per heavy atom. The van der Waals surface area contributed by atoms with Crippen LogP contribution >= 0.6 is 0 Å². The van der Waals surface area contributed by atoms with Gasteiger partial charge in [0.05, 0.1) is 6.61 Å². The highest BCUT2D eigenvalue weighted by Crippen LogP contribution is 2.10. The van der Waals surface area contributed by atoms with E-state index >= 15 is 0 Å². The van der Waals surface area contributed by atoms with Crippen LogP contribution in [-0.2, 0) is 0 Å². The highest BCUT2D eigenvalue weighted by atomic mass is 16.2. The summed E-state index contributed by atoms with van der Waals surface area (Å²) in [6.07, 6.45) is 12.0. The van der Waals surface area contributed by atoms with Crippen molar-refractivity contribution < 1.29 is 5.11 Å². The van der Waals surface area contributed by atoms with Crippen LogP contribution < -0.4 is 0 Å². The van der Waals surface area contributed by atoms with Gasteiger partial charge in [-0.05, 0) is 46.0 Å².